The summed E-state index contributed by atoms with van der Waals surface area (Å²) in [6, 6.07) is 7.10. The molecule has 8 aliphatic heterocycles. The van der Waals surface area contributed by atoms with Crippen LogP contribution in [0.15, 0.2) is 29.2 Å². The molecule has 0 unspecified atom stereocenters. The van der Waals surface area contributed by atoms with Crippen LogP contribution < -0.4 is 0 Å². The Bertz CT molecular complexity index is 1580. The van der Waals surface area contributed by atoms with Gasteiger partial charge in [-0.3, -0.25) is 0 Å². The molecule has 12 heteroatoms. The smallest absolute Gasteiger partial charge is 0.201 e. The molecular weight excluding hydrogens is 713 g/mol. The number of ether oxygens (including phenoxy) is 5. The maximum absolute atomic E-state index is 14.4. The molecule has 10 aliphatic rings. The van der Waals surface area contributed by atoms with Gasteiger partial charge in [-0.1, -0.05) is 39.8 Å². The molecule has 16 atom stereocenters. The predicted molar refractivity (Wildman–Crippen MR) is 196 cm³/mol. The van der Waals surface area contributed by atoms with Gasteiger partial charge in [-0.2, -0.15) is 0 Å². The van der Waals surface area contributed by atoms with Gasteiger partial charge < -0.3 is 23.7 Å². The van der Waals surface area contributed by atoms with Crippen molar-refractivity contribution < 1.29 is 51.7 Å². The molecule has 10 fully saturated rings. The average Bonchev–Trinajstić information content (AvgIpc) is 3.51. The standard InChI is InChI=1S/C42H62O11S/c1-24-8-14-33-26(3)35(46-37-41(33)31(24)16-18-39(5,48-37)50-52-41)20-29(23-54(43,44)30-12-10-28(11-13-30)22-45-7)21-36-27(4)34-15-9-25(2)32-17-19-40(6)49-38(47-36)42(32,34)53-51-40/h10-13,24-27,29,31-38H,8-9,14-23H2,1-7H3/t24-,25-,26-,27-,31+,32+,33+,34+,35-,36-,37-,38-,39+,40+,41-,42-/m1/s1. The topological polar surface area (TPSA) is 117 Å². The number of sulfone groups is 1. The van der Waals surface area contributed by atoms with Gasteiger partial charge in [0.1, 0.15) is 0 Å². The summed E-state index contributed by atoms with van der Waals surface area (Å²) >= 11 is 0. The van der Waals surface area contributed by atoms with Gasteiger partial charge in [0.25, 0.3) is 0 Å². The Morgan fingerprint density at radius 1 is 0.685 bits per heavy atom. The summed E-state index contributed by atoms with van der Waals surface area (Å²) in [5.41, 5.74) is -0.416. The summed E-state index contributed by atoms with van der Waals surface area (Å²) in [6.45, 7) is 13.5. The van der Waals surface area contributed by atoms with Crippen molar-refractivity contribution in [1.29, 1.82) is 0 Å². The van der Waals surface area contributed by atoms with E-state index in [0.717, 1.165) is 56.9 Å². The molecule has 0 radical (unpaired) electrons. The van der Waals surface area contributed by atoms with Crippen LogP contribution in [0.1, 0.15) is 111 Å². The summed E-state index contributed by atoms with van der Waals surface area (Å²) in [5.74, 6) is -0.0599. The molecule has 8 heterocycles. The van der Waals surface area contributed by atoms with E-state index in [1.54, 1.807) is 19.2 Å². The summed E-state index contributed by atoms with van der Waals surface area (Å²) < 4.78 is 61.6. The quantitative estimate of drug-likeness (QED) is 0.232. The molecule has 0 N–H and O–H groups in total. The maximum Gasteiger partial charge on any atom is 0.201 e. The van der Waals surface area contributed by atoms with Crippen LogP contribution in [0.3, 0.4) is 0 Å². The van der Waals surface area contributed by atoms with E-state index < -0.39 is 45.2 Å². The third-order valence-corrected chi connectivity index (χ3v) is 17.7. The monoisotopic (exact) mass is 774 g/mol. The Morgan fingerprint density at radius 2 is 1.17 bits per heavy atom. The van der Waals surface area contributed by atoms with Crippen LogP contribution in [0.25, 0.3) is 0 Å². The molecule has 11 nitrogen and oxygen atoms in total. The molecule has 2 saturated carbocycles. The van der Waals surface area contributed by atoms with Gasteiger partial charge in [-0.05, 0) is 124 Å². The Balaban J connectivity index is 1.03. The molecule has 0 amide bonds. The second-order valence-corrected chi connectivity index (χ2v) is 21.1. The van der Waals surface area contributed by atoms with Crippen LogP contribution in [0.2, 0.25) is 0 Å². The minimum absolute atomic E-state index is 0.0214. The summed E-state index contributed by atoms with van der Waals surface area (Å²) in [4.78, 5) is 25.4. The zero-order chi connectivity index (χ0) is 37.8. The van der Waals surface area contributed by atoms with Gasteiger partial charge in [0, 0.05) is 31.8 Å². The van der Waals surface area contributed by atoms with Crippen molar-refractivity contribution in [2.75, 3.05) is 12.9 Å². The minimum atomic E-state index is -3.68. The Morgan fingerprint density at radius 3 is 1.63 bits per heavy atom. The lowest BCUT2D eigenvalue weighted by atomic mass is 9.56. The third kappa shape index (κ3) is 6.01. The zero-order valence-electron chi connectivity index (χ0n) is 33.2. The highest BCUT2D eigenvalue weighted by Crippen LogP contribution is 2.63. The number of rotatable bonds is 9. The van der Waals surface area contributed by atoms with E-state index in [4.69, 9.17) is 43.2 Å². The van der Waals surface area contributed by atoms with E-state index in [9.17, 15) is 8.42 Å². The number of fused-ring (bicyclic) bond motifs is 4. The molecule has 2 spiro atoms. The van der Waals surface area contributed by atoms with E-state index in [1.807, 2.05) is 26.0 Å². The van der Waals surface area contributed by atoms with Crippen LogP contribution in [0.5, 0.6) is 0 Å². The normalized spacial score (nSPS) is 49.6. The lowest BCUT2D eigenvalue weighted by molar-refractivity contribution is -0.571. The lowest BCUT2D eigenvalue weighted by Crippen LogP contribution is -2.70. The molecule has 0 aromatic heterocycles. The van der Waals surface area contributed by atoms with Crippen molar-refractivity contribution >= 4 is 9.84 Å². The Kier molecular flexibility index (Phi) is 9.73. The van der Waals surface area contributed by atoms with Gasteiger partial charge in [0.15, 0.2) is 33.6 Å². The first-order chi connectivity index (χ1) is 25.7. The average molecular weight is 775 g/mol. The van der Waals surface area contributed by atoms with Crippen LogP contribution in [0, 0.1) is 53.3 Å². The number of methoxy groups -OCH3 is 1. The van der Waals surface area contributed by atoms with Crippen molar-refractivity contribution in [1.82, 2.24) is 0 Å². The molecule has 8 saturated heterocycles. The highest BCUT2D eigenvalue weighted by molar-refractivity contribution is 7.91. The van der Waals surface area contributed by atoms with Crippen molar-refractivity contribution in [2.24, 2.45) is 53.3 Å². The van der Waals surface area contributed by atoms with Crippen molar-refractivity contribution in [3.63, 3.8) is 0 Å². The maximum atomic E-state index is 14.4. The largest absolute Gasteiger partial charge is 0.380 e. The predicted octanol–water partition coefficient (Wildman–Crippen LogP) is 7.50. The molecule has 54 heavy (non-hydrogen) atoms. The number of benzene rings is 1. The van der Waals surface area contributed by atoms with Crippen molar-refractivity contribution in [3.05, 3.63) is 29.8 Å². The van der Waals surface area contributed by atoms with E-state index in [1.165, 1.54) is 0 Å². The van der Waals surface area contributed by atoms with Gasteiger partial charge in [-0.25, -0.2) is 28.0 Å². The van der Waals surface area contributed by atoms with Crippen molar-refractivity contribution in [3.8, 4) is 0 Å². The fraction of sp³-hybridized carbons (Fsp3) is 0.857. The van der Waals surface area contributed by atoms with E-state index in [2.05, 4.69) is 27.7 Å². The molecule has 1 aromatic rings. The Labute approximate surface area is 321 Å². The first kappa shape index (κ1) is 38.3. The van der Waals surface area contributed by atoms with Gasteiger partial charge in [0.05, 0.1) is 29.5 Å². The number of hydrogen-bond acceptors (Lipinski definition) is 11. The molecule has 4 bridgehead atoms. The first-order valence-electron chi connectivity index (χ1n) is 20.9. The molecule has 302 valence electrons. The molecular formula is C42H62O11S. The molecule has 11 rings (SSSR count). The van der Waals surface area contributed by atoms with Gasteiger partial charge in [-0.15, -0.1) is 0 Å². The second-order valence-electron chi connectivity index (χ2n) is 19.1. The van der Waals surface area contributed by atoms with E-state index in [-0.39, 0.29) is 59.4 Å². The van der Waals surface area contributed by atoms with E-state index in [0.29, 0.717) is 36.2 Å². The van der Waals surface area contributed by atoms with Crippen LogP contribution in [-0.4, -0.2) is 68.8 Å². The molecule has 1 aromatic carbocycles. The van der Waals surface area contributed by atoms with Crippen LogP contribution >= 0.6 is 0 Å². The fourth-order valence-corrected chi connectivity index (χ4v) is 14.4. The Hall–Kier alpha value is -1.19. The minimum Gasteiger partial charge on any atom is -0.380 e. The summed E-state index contributed by atoms with van der Waals surface area (Å²) in [7, 11) is -2.04. The van der Waals surface area contributed by atoms with Crippen LogP contribution in [0.4, 0.5) is 0 Å². The van der Waals surface area contributed by atoms with Gasteiger partial charge in [0.2, 0.25) is 11.6 Å². The second kappa shape index (κ2) is 13.7. The van der Waals surface area contributed by atoms with E-state index >= 15 is 0 Å². The third-order valence-electron chi connectivity index (χ3n) is 15.8. The first-order valence-corrected chi connectivity index (χ1v) is 22.6. The highest BCUT2D eigenvalue weighted by Gasteiger charge is 2.71. The highest BCUT2D eigenvalue weighted by atomic mass is 32.2. The summed E-state index contributed by atoms with van der Waals surface area (Å²) in [5, 5.41) is 0. The molecule has 2 aliphatic carbocycles. The fourth-order valence-electron chi connectivity index (χ4n) is 12.8. The SMILES string of the molecule is COCc1ccc(S(=O)(=O)CC(C[C@H]2O[C@@H]3O[C@]4(C)CC[C@H]5[C@H](C)CC[C@@H]([C@H]2C)[C@@]35OO4)C[C@H]2O[C@@H]3O[C@]4(C)CC[C@H]5[C@H](C)CC[C@@H]([C@H]2C)[C@@]35OO4)cc1. The lowest BCUT2D eigenvalue weighted by Gasteiger charge is -2.61. The van der Waals surface area contributed by atoms with Crippen LogP contribution in [-0.2, 0) is 59.7 Å². The van der Waals surface area contributed by atoms with Crippen molar-refractivity contribution in [2.45, 2.75) is 165 Å². The zero-order valence-corrected chi connectivity index (χ0v) is 34.0. The number of hydrogen-bond donors (Lipinski definition) is 0. The van der Waals surface area contributed by atoms with Gasteiger partial charge >= 0.3 is 0 Å². The summed E-state index contributed by atoms with van der Waals surface area (Å²) in [6.07, 6.45) is 7.09.